The normalized spacial score (nSPS) is 12.8. The Morgan fingerprint density at radius 1 is 1.24 bits per heavy atom. The van der Waals surface area contributed by atoms with Crippen LogP contribution in [-0.4, -0.2) is 0 Å². The molecule has 1 unspecified atom stereocenters. The highest BCUT2D eigenvalue weighted by Gasteiger charge is 2.20. The SMILES string of the molecule is NNC(c1cc2cccc(F)c2o1)c1cc(Br)ccc1I. The van der Waals surface area contributed by atoms with Gasteiger partial charge < -0.3 is 4.42 Å². The highest BCUT2D eigenvalue weighted by atomic mass is 127. The molecule has 3 nitrogen and oxygen atoms in total. The Morgan fingerprint density at radius 2 is 2.05 bits per heavy atom. The topological polar surface area (TPSA) is 51.2 Å². The molecular weight excluding hydrogens is 450 g/mol. The van der Waals surface area contributed by atoms with Gasteiger partial charge in [-0.05, 0) is 58.5 Å². The molecule has 3 rings (SSSR count). The smallest absolute Gasteiger partial charge is 0.169 e. The summed E-state index contributed by atoms with van der Waals surface area (Å²) in [4.78, 5) is 0. The van der Waals surface area contributed by atoms with Gasteiger partial charge in [0, 0.05) is 13.4 Å². The molecule has 0 aliphatic carbocycles. The van der Waals surface area contributed by atoms with E-state index in [1.165, 1.54) is 6.07 Å². The van der Waals surface area contributed by atoms with Crippen LogP contribution in [0, 0.1) is 9.39 Å². The lowest BCUT2D eigenvalue weighted by Gasteiger charge is -2.15. The van der Waals surface area contributed by atoms with Gasteiger partial charge in [0.05, 0.1) is 0 Å². The lowest BCUT2D eigenvalue weighted by atomic mass is 10.1. The molecule has 1 heterocycles. The van der Waals surface area contributed by atoms with Crippen LogP contribution in [0.3, 0.4) is 0 Å². The third-order valence-corrected chi connectivity index (χ3v) is 4.71. The zero-order valence-electron chi connectivity index (χ0n) is 10.7. The minimum atomic E-state index is -0.376. The standard InChI is InChI=1S/C15H11BrFIN2O/c16-9-4-5-12(18)10(7-9)14(20-19)13-6-8-2-1-3-11(17)15(8)21-13/h1-7,14,20H,19H2. The Kier molecular flexibility index (Phi) is 4.30. The van der Waals surface area contributed by atoms with Crippen LogP contribution in [0.15, 0.2) is 51.4 Å². The Labute approximate surface area is 142 Å². The van der Waals surface area contributed by atoms with Crippen LogP contribution in [0.2, 0.25) is 0 Å². The van der Waals surface area contributed by atoms with Gasteiger partial charge in [0.15, 0.2) is 11.4 Å². The summed E-state index contributed by atoms with van der Waals surface area (Å²) >= 11 is 5.69. The molecule has 108 valence electrons. The van der Waals surface area contributed by atoms with E-state index in [4.69, 9.17) is 10.3 Å². The predicted octanol–water partition coefficient (Wildman–Crippen LogP) is 4.49. The molecule has 21 heavy (non-hydrogen) atoms. The van der Waals surface area contributed by atoms with Crippen molar-refractivity contribution >= 4 is 49.5 Å². The first kappa shape index (κ1) is 15.0. The maximum absolute atomic E-state index is 13.8. The first-order chi connectivity index (χ1) is 10.1. The van der Waals surface area contributed by atoms with Crippen molar-refractivity contribution in [3.8, 4) is 0 Å². The van der Waals surface area contributed by atoms with Gasteiger partial charge in [0.25, 0.3) is 0 Å². The van der Waals surface area contributed by atoms with E-state index in [2.05, 4.69) is 43.9 Å². The summed E-state index contributed by atoms with van der Waals surface area (Å²) in [6.07, 6.45) is 0. The van der Waals surface area contributed by atoms with E-state index in [0.29, 0.717) is 5.76 Å². The molecule has 6 heteroatoms. The highest BCUT2D eigenvalue weighted by Crippen LogP contribution is 2.32. The molecular formula is C15H11BrFIN2O. The third kappa shape index (κ3) is 2.85. The third-order valence-electron chi connectivity index (χ3n) is 3.24. The molecule has 0 bridgehead atoms. The average molecular weight is 461 g/mol. The van der Waals surface area contributed by atoms with Crippen LogP contribution < -0.4 is 11.3 Å². The summed E-state index contributed by atoms with van der Waals surface area (Å²) in [5, 5.41) is 0.718. The van der Waals surface area contributed by atoms with Crippen molar-refractivity contribution in [2.75, 3.05) is 0 Å². The fourth-order valence-corrected chi connectivity index (χ4v) is 3.28. The summed E-state index contributed by atoms with van der Waals surface area (Å²) in [6.45, 7) is 0. The number of para-hydroxylation sites is 1. The maximum atomic E-state index is 13.8. The lowest BCUT2D eigenvalue weighted by Crippen LogP contribution is -2.29. The molecule has 3 aromatic rings. The van der Waals surface area contributed by atoms with Crippen LogP contribution in [0.25, 0.3) is 11.0 Å². The molecule has 0 amide bonds. The van der Waals surface area contributed by atoms with Gasteiger partial charge in [-0.25, -0.2) is 9.82 Å². The highest BCUT2D eigenvalue weighted by molar-refractivity contribution is 14.1. The number of hydrogen-bond donors (Lipinski definition) is 2. The number of hydrazine groups is 1. The number of nitrogens with one attached hydrogen (secondary N) is 1. The van der Waals surface area contributed by atoms with Gasteiger partial charge in [-0.2, -0.15) is 0 Å². The second kappa shape index (κ2) is 6.04. The lowest BCUT2D eigenvalue weighted by molar-refractivity contribution is 0.464. The Morgan fingerprint density at radius 3 is 2.76 bits per heavy atom. The van der Waals surface area contributed by atoms with Gasteiger partial charge in [-0.3, -0.25) is 5.84 Å². The molecule has 0 spiro atoms. The molecule has 3 N–H and O–H groups in total. The molecule has 1 aromatic heterocycles. The molecule has 0 aliphatic heterocycles. The maximum Gasteiger partial charge on any atom is 0.169 e. The van der Waals surface area contributed by atoms with Crippen LogP contribution in [0.5, 0.6) is 0 Å². The predicted molar refractivity (Wildman–Crippen MR) is 92.2 cm³/mol. The number of benzene rings is 2. The van der Waals surface area contributed by atoms with E-state index in [-0.39, 0.29) is 17.4 Å². The quantitative estimate of drug-likeness (QED) is 0.344. The average Bonchev–Trinajstić information content (AvgIpc) is 2.89. The Balaban J connectivity index is 2.13. The second-order valence-electron chi connectivity index (χ2n) is 4.57. The fourth-order valence-electron chi connectivity index (χ4n) is 2.25. The summed E-state index contributed by atoms with van der Waals surface area (Å²) < 4.78 is 21.4. The van der Waals surface area contributed by atoms with E-state index in [1.54, 1.807) is 12.1 Å². The van der Waals surface area contributed by atoms with Crippen molar-refractivity contribution in [1.82, 2.24) is 5.43 Å². The summed E-state index contributed by atoms with van der Waals surface area (Å²) in [6, 6.07) is 12.2. The summed E-state index contributed by atoms with van der Waals surface area (Å²) in [5.41, 5.74) is 3.95. The first-order valence-electron chi connectivity index (χ1n) is 6.19. The minimum absolute atomic E-state index is 0.248. The monoisotopic (exact) mass is 460 g/mol. The largest absolute Gasteiger partial charge is 0.456 e. The van der Waals surface area contributed by atoms with Crippen LogP contribution >= 0.6 is 38.5 Å². The van der Waals surface area contributed by atoms with Gasteiger partial charge >= 0.3 is 0 Å². The van der Waals surface area contributed by atoms with Gasteiger partial charge in [-0.15, -0.1) is 0 Å². The number of nitrogens with two attached hydrogens (primary N) is 1. The first-order valence-corrected chi connectivity index (χ1v) is 8.06. The number of rotatable bonds is 3. The number of halogens is 3. The minimum Gasteiger partial charge on any atom is -0.456 e. The Bertz CT molecular complexity index is 805. The van der Waals surface area contributed by atoms with Gasteiger partial charge in [0.1, 0.15) is 11.8 Å². The van der Waals surface area contributed by atoms with Crippen molar-refractivity contribution in [2.24, 2.45) is 5.84 Å². The van der Waals surface area contributed by atoms with E-state index < -0.39 is 0 Å². The number of fused-ring (bicyclic) bond motifs is 1. The molecule has 1 atom stereocenters. The molecule has 0 radical (unpaired) electrons. The van der Waals surface area contributed by atoms with Gasteiger partial charge in [0.2, 0.25) is 0 Å². The van der Waals surface area contributed by atoms with E-state index in [9.17, 15) is 4.39 Å². The molecule has 0 saturated heterocycles. The Hall–Kier alpha value is -0.960. The molecule has 0 saturated carbocycles. The van der Waals surface area contributed by atoms with E-state index in [1.807, 2.05) is 24.3 Å². The van der Waals surface area contributed by atoms with Crippen molar-refractivity contribution in [3.63, 3.8) is 0 Å². The van der Waals surface area contributed by atoms with E-state index >= 15 is 0 Å². The fraction of sp³-hybridized carbons (Fsp3) is 0.0667. The van der Waals surface area contributed by atoms with Crippen molar-refractivity contribution in [1.29, 1.82) is 0 Å². The number of hydrogen-bond acceptors (Lipinski definition) is 3. The second-order valence-corrected chi connectivity index (χ2v) is 6.65. The van der Waals surface area contributed by atoms with Crippen molar-refractivity contribution in [2.45, 2.75) is 6.04 Å². The molecule has 2 aromatic carbocycles. The summed E-state index contributed by atoms with van der Waals surface area (Å²) in [7, 11) is 0. The van der Waals surface area contributed by atoms with Crippen molar-refractivity contribution in [3.05, 3.63) is 67.6 Å². The van der Waals surface area contributed by atoms with E-state index in [0.717, 1.165) is 19.0 Å². The summed E-state index contributed by atoms with van der Waals surface area (Å²) in [5.74, 6) is 5.89. The molecule has 0 fully saturated rings. The zero-order chi connectivity index (χ0) is 15.0. The number of furan rings is 1. The van der Waals surface area contributed by atoms with Crippen LogP contribution in [0.4, 0.5) is 4.39 Å². The van der Waals surface area contributed by atoms with Crippen LogP contribution in [0.1, 0.15) is 17.4 Å². The zero-order valence-corrected chi connectivity index (χ0v) is 14.5. The van der Waals surface area contributed by atoms with Gasteiger partial charge in [-0.1, -0.05) is 28.1 Å². The van der Waals surface area contributed by atoms with Crippen molar-refractivity contribution < 1.29 is 8.81 Å². The molecule has 0 aliphatic rings. The van der Waals surface area contributed by atoms with Crippen LogP contribution in [-0.2, 0) is 0 Å².